The zero-order valence-corrected chi connectivity index (χ0v) is 9.06. The van der Waals surface area contributed by atoms with E-state index in [0.29, 0.717) is 17.9 Å². The molecule has 2 N–H and O–H groups in total. The number of nitrogens with two attached hydrogens (primary N) is 1. The number of hydrogen-bond donors (Lipinski definition) is 1. The summed E-state index contributed by atoms with van der Waals surface area (Å²) < 4.78 is 5.01. The third-order valence-corrected chi connectivity index (χ3v) is 2.38. The molecule has 0 saturated heterocycles. The van der Waals surface area contributed by atoms with E-state index in [9.17, 15) is 4.79 Å². The van der Waals surface area contributed by atoms with Crippen molar-refractivity contribution in [1.82, 2.24) is 4.98 Å². The van der Waals surface area contributed by atoms with E-state index in [1.807, 2.05) is 6.92 Å². The third-order valence-electron chi connectivity index (χ3n) is 2.38. The van der Waals surface area contributed by atoms with Crippen LogP contribution < -0.4 is 10.5 Å². The predicted octanol–water partition coefficient (Wildman–Crippen LogP) is 1.26. The zero-order chi connectivity index (χ0) is 11.3. The molecule has 0 aromatic carbocycles. The molecule has 0 radical (unpaired) electrons. The van der Waals surface area contributed by atoms with Crippen LogP contribution in [0.4, 0.5) is 0 Å². The van der Waals surface area contributed by atoms with Crippen molar-refractivity contribution < 1.29 is 9.53 Å². The highest BCUT2D eigenvalue weighted by atomic mass is 16.5. The maximum Gasteiger partial charge on any atom is 0.168 e. The van der Waals surface area contributed by atoms with Crippen molar-refractivity contribution in [3.63, 3.8) is 0 Å². The van der Waals surface area contributed by atoms with Gasteiger partial charge in [-0.2, -0.15) is 0 Å². The maximum absolute atomic E-state index is 11.9. The molecule has 1 unspecified atom stereocenters. The van der Waals surface area contributed by atoms with Crippen LogP contribution >= 0.6 is 0 Å². The molecule has 0 saturated carbocycles. The molecule has 0 spiro atoms. The van der Waals surface area contributed by atoms with E-state index < -0.39 is 0 Å². The van der Waals surface area contributed by atoms with Gasteiger partial charge in [0.05, 0.1) is 13.3 Å². The van der Waals surface area contributed by atoms with Crippen LogP contribution in [0.25, 0.3) is 0 Å². The van der Waals surface area contributed by atoms with E-state index in [0.717, 1.165) is 6.42 Å². The zero-order valence-electron chi connectivity index (χ0n) is 9.06. The fourth-order valence-electron chi connectivity index (χ4n) is 1.36. The summed E-state index contributed by atoms with van der Waals surface area (Å²) in [6.45, 7) is 2.32. The number of hydrogen-bond acceptors (Lipinski definition) is 4. The molecule has 1 aromatic rings. The van der Waals surface area contributed by atoms with Gasteiger partial charge in [-0.05, 0) is 12.5 Å². The normalized spacial score (nSPS) is 12.2. The van der Waals surface area contributed by atoms with Crippen LogP contribution in [-0.2, 0) is 0 Å². The lowest BCUT2D eigenvalue weighted by molar-refractivity contribution is 0.0920. The van der Waals surface area contributed by atoms with Crippen LogP contribution in [0, 0.1) is 5.92 Å². The van der Waals surface area contributed by atoms with E-state index >= 15 is 0 Å². The molecule has 1 heterocycles. The summed E-state index contributed by atoms with van der Waals surface area (Å²) in [7, 11) is 1.55. The monoisotopic (exact) mass is 208 g/mol. The minimum Gasteiger partial charge on any atom is -0.495 e. The lowest BCUT2D eigenvalue weighted by atomic mass is 9.96. The Labute approximate surface area is 89.5 Å². The minimum absolute atomic E-state index is 0.0337. The van der Waals surface area contributed by atoms with Crippen molar-refractivity contribution in [2.24, 2.45) is 11.7 Å². The van der Waals surface area contributed by atoms with Gasteiger partial charge >= 0.3 is 0 Å². The summed E-state index contributed by atoms with van der Waals surface area (Å²) in [5, 5.41) is 0. The molecule has 1 rings (SSSR count). The summed E-state index contributed by atoms with van der Waals surface area (Å²) in [6.07, 6.45) is 3.86. The van der Waals surface area contributed by atoms with Crippen molar-refractivity contribution in [1.29, 1.82) is 0 Å². The van der Waals surface area contributed by atoms with E-state index in [-0.39, 0.29) is 11.7 Å². The molecule has 0 fully saturated rings. The number of aromatic nitrogens is 1. The van der Waals surface area contributed by atoms with Crippen LogP contribution in [0.3, 0.4) is 0 Å². The average Bonchev–Trinajstić information content (AvgIpc) is 2.30. The highest BCUT2D eigenvalue weighted by Gasteiger charge is 2.17. The number of methoxy groups -OCH3 is 1. The van der Waals surface area contributed by atoms with E-state index in [4.69, 9.17) is 10.5 Å². The number of rotatable bonds is 5. The summed E-state index contributed by atoms with van der Waals surface area (Å²) in [6, 6.07) is 1.69. The number of nitrogens with zero attached hydrogens (tertiary/aromatic N) is 1. The number of ketones is 1. The van der Waals surface area contributed by atoms with Gasteiger partial charge in [0, 0.05) is 24.2 Å². The van der Waals surface area contributed by atoms with Crippen molar-refractivity contribution >= 4 is 5.78 Å². The minimum atomic E-state index is -0.126. The Hall–Kier alpha value is -1.42. The SMILES string of the molecule is CCC(CN)C(=O)c1cncc(OC)c1. The van der Waals surface area contributed by atoms with Crippen molar-refractivity contribution in [3.8, 4) is 5.75 Å². The summed E-state index contributed by atoms with van der Waals surface area (Å²) >= 11 is 0. The first-order valence-corrected chi connectivity index (χ1v) is 4.96. The van der Waals surface area contributed by atoms with Gasteiger partial charge in [0.25, 0.3) is 0 Å². The molecule has 0 bridgehead atoms. The Kier molecular flexibility index (Phi) is 4.24. The number of ether oxygens (including phenoxy) is 1. The van der Waals surface area contributed by atoms with Gasteiger partial charge in [-0.15, -0.1) is 0 Å². The fourth-order valence-corrected chi connectivity index (χ4v) is 1.36. The largest absolute Gasteiger partial charge is 0.495 e. The van der Waals surface area contributed by atoms with Crippen LogP contribution in [0.2, 0.25) is 0 Å². The molecule has 0 amide bonds. The van der Waals surface area contributed by atoms with Gasteiger partial charge in [0.2, 0.25) is 0 Å². The average molecular weight is 208 g/mol. The van der Waals surface area contributed by atoms with Crippen LogP contribution in [0.1, 0.15) is 23.7 Å². The van der Waals surface area contributed by atoms with E-state index in [1.54, 1.807) is 25.6 Å². The Balaban J connectivity index is 2.90. The Bertz CT molecular complexity index is 335. The summed E-state index contributed by atoms with van der Waals surface area (Å²) in [4.78, 5) is 15.8. The summed E-state index contributed by atoms with van der Waals surface area (Å²) in [5.41, 5.74) is 6.08. The molecule has 15 heavy (non-hydrogen) atoms. The first kappa shape index (κ1) is 11.7. The number of carbonyl (C=O) groups is 1. The molecule has 0 aliphatic heterocycles. The van der Waals surface area contributed by atoms with Gasteiger partial charge in [-0.1, -0.05) is 6.92 Å². The van der Waals surface area contributed by atoms with Crippen molar-refractivity contribution in [2.45, 2.75) is 13.3 Å². The van der Waals surface area contributed by atoms with Gasteiger partial charge in [-0.3, -0.25) is 9.78 Å². The lowest BCUT2D eigenvalue weighted by Crippen LogP contribution is -2.23. The van der Waals surface area contributed by atoms with Gasteiger partial charge in [-0.25, -0.2) is 0 Å². The highest BCUT2D eigenvalue weighted by Crippen LogP contribution is 2.15. The topological polar surface area (TPSA) is 65.2 Å². The van der Waals surface area contributed by atoms with Crippen LogP contribution in [0.5, 0.6) is 5.75 Å². The standard InChI is InChI=1S/C11H16N2O2/c1-3-8(5-12)11(14)9-4-10(15-2)7-13-6-9/h4,6-8H,3,5,12H2,1-2H3. The van der Waals surface area contributed by atoms with Gasteiger partial charge < -0.3 is 10.5 Å². The molecule has 4 heteroatoms. The molecule has 0 aliphatic carbocycles. The smallest absolute Gasteiger partial charge is 0.168 e. The molecular weight excluding hydrogens is 192 g/mol. The quantitative estimate of drug-likeness (QED) is 0.740. The Morgan fingerprint density at radius 2 is 2.33 bits per heavy atom. The van der Waals surface area contributed by atoms with Gasteiger partial charge in [0.15, 0.2) is 5.78 Å². The first-order valence-electron chi connectivity index (χ1n) is 4.96. The molecular formula is C11H16N2O2. The first-order chi connectivity index (χ1) is 7.22. The fraction of sp³-hybridized carbons (Fsp3) is 0.455. The third kappa shape index (κ3) is 2.76. The number of carbonyl (C=O) groups excluding carboxylic acids is 1. The van der Waals surface area contributed by atoms with Gasteiger partial charge in [0.1, 0.15) is 5.75 Å². The summed E-state index contributed by atoms with van der Waals surface area (Å²) in [5.74, 6) is 0.498. The molecule has 1 aromatic heterocycles. The Morgan fingerprint density at radius 1 is 1.60 bits per heavy atom. The number of Topliss-reactive ketones (excluding diaryl/α,β-unsaturated/α-hetero) is 1. The molecule has 1 atom stereocenters. The molecule has 82 valence electrons. The predicted molar refractivity (Wildman–Crippen MR) is 58.0 cm³/mol. The maximum atomic E-state index is 11.9. The second-order valence-corrected chi connectivity index (χ2v) is 3.32. The number of pyridine rings is 1. The van der Waals surface area contributed by atoms with Crippen molar-refractivity contribution in [2.75, 3.05) is 13.7 Å². The van der Waals surface area contributed by atoms with Crippen LogP contribution in [0.15, 0.2) is 18.5 Å². The second kappa shape index (κ2) is 5.46. The molecule has 0 aliphatic rings. The van der Waals surface area contributed by atoms with Crippen LogP contribution in [-0.4, -0.2) is 24.4 Å². The Morgan fingerprint density at radius 3 is 2.87 bits per heavy atom. The highest BCUT2D eigenvalue weighted by molar-refractivity contribution is 5.98. The lowest BCUT2D eigenvalue weighted by Gasteiger charge is -2.10. The second-order valence-electron chi connectivity index (χ2n) is 3.32. The van der Waals surface area contributed by atoms with Crippen molar-refractivity contribution in [3.05, 3.63) is 24.0 Å². The van der Waals surface area contributed by atoms with E-state index in [1.165, 1.54) is 0 Å². The van der Waals surface area contributed by atoms with E-state index in [2.05, 4.69) is 4.98 Å². The molecule has 4 nitrogen and oxygen atoms in total.